The molecular weight excluding hydrogens is 363 g/mol. The van der Waals surface area contributed by atoms with Gasteiger partial charge in [-0.15, -0.1) is 24.0 Å². The first kappa shape index (κ1) is 20.0. The van der Waals surface area contributed by atoms with Gasteiger partial charge in [-0.25, -0.2) is 0 Å². The summed E-state index contributed by atoms with van der Waals surface area (Å²) < 4.78 is 0. The van der Waals surface area contributed by atoms with Crippen molar-refractivity contribution in [3.63, 3.8) is 0 Å². The summed E-state index contributed by atoms with van der Waals surface area (Å²) in [5.41, 5.74) is 5.96. The highest BCUT2D eigenvalue weighted by Gasteiger charge is 2.11. The quantitative estimate of drug-likeness (QED) is 0.229. The minimum atomic E-state index is 0. The molecule has 1 fully saturated rings. The number of nitrogens with zero attached hydrogens (tertiary/aromatic N) is 2. The van der Waals surface area contributed by atoms with Crippen molar-refractivity contribution < 1.29 is 0 Å². The molecule has 1 rings (SSSR count). The summed E-state index contributed by atoms with van der Waals surface area (Å²) in [7, 11) is 0. The summed E-state index contributed by atoms with van der Waals surface area (Å²) in [6.45, 7) is 8.60. The van der Waals surface area contributed by atoms with Crippen LogP contribution in [0.5, 0.6) is 0 Å². The summed E-state index contributed by atoms with van der Waals surface area (Å²) in [6.07, 6.45) is 8.98. The molecule has 0 bridgehead atoms. The highest BCUT2D eigenvalue weighted by molar-refractivity contribution is 14.0. The molecule has 0 aromatic rings. The third-order valence-corrected chi connectivity index (χ3v) is 4.02. The van der Waals surface area contributed by atoms with Gasteiger partial charge in [0.05, 0.1) is 0 Å². The zero-order chi connectivity index (χ0) is 13.9. The number of nitrogens with two attached hydrogens (primary N) is 1. The van der Waals surface area contributed by atoms with Crippen molar-refractivity contribution in [1.82, 2.24) is 10.2 Å². The maximum absolute atomic E-state index is 5.96. The van der Waals surface area contributed by atoms with Gasteiger partial charge in [0.25, 0.3) is 0 Å². The molecule has 3 N–H and O–H groups in total. The van der Waals surface area contributed by atoms with Crippen LogP contribution < -0.4 is 11.1 Å². The molecular formula is C15H33IN4. The van der Waals surface area contributed by atoms with Crippen molar-refractivity contribution in [2.24, 2.45) is 10.7 Å². The predicted molar refractivity (Wildman–Crippen MR) is 98.9 cm³/mol. The number of hydrogen-bond acceptors (Lipinski definition) is 2. The maximum atomic E-state index is 5.96. The summed E-state index contributed by atoms with van der Waals surface area (Å²) in [6, 6.07) is 0.550. The summed E-state index contributed by atoms with van der Waals surface area (Å²) in [5.74, 6) is 0.645. The zero-order valence-corrected chi connectivity index (χ0v) is 15.6. The van der Waals surface area contributed by atoms with Crippen molar-refractivity contribution >= 4 is 29.9 Å². The first-order valence-electron chi connectivity index (χ1n) is 8.05. The van der Waals surface area contributed by atoms with Crippen molar-refractivity contribution in [2.45, 2.75) is 64.8 Å². The van der Waals surface area contributed by atoms with Gasteiger partial charge in [-0.1, -0.05) is 39.5 Å². The van der Waals surface area contributed by atoms with E-state index >= 15 is 0 Å². The highest BCUT2D eigenvalue weighted by Crippen LogP contribution is 2.16. The molecule has 120 valence electrons. The Morgan fingerprint density at radius 1 is 1.15 bits per heavy atom. The van der Waals surface area contributed by atoms with Gasteiger partial charge in [0, 0.05) is 12.6 Å². The molecule has 20 heavy (non-hydrogen) atoms. The van der Waals surface area contributed by atoms with Crippen LogP contribution in [-0.2, 0) is 0 Å². The second-order valence-corrected chi connectivity index (χ2v) is 5.48. The van der Waals surface area contributed by atoms with E-state index in [9.17, 15) is 0 Å². The molecule has 0 atom stereocenters. The van der Waals surface area contributed by atoms with Crippen LogP contribution in [0.4, 0.5) is 0 Å². The maximum Gasteiger partial charge on any atom is 0.188 e. The smallest absolute Gasteiger partial charge is 0.188 e. The first-order chi connectivity index (χ1) is 9.26. The summed E-state index contributed by atoms with van der Waals surface area (Å²) in [5, 5.41) is 3.39. The number of hydrogen-bond donors (Lipinski definition) is 2. The standard InChI is InChI=1S/C15H32N4.HI/c1-3-19(4-2)13-9-12-17-15(16)18-14-10-7-5-6-8-11-14;/h14H,3-13H2,1-2H3,(H3,16,17,18);1H. The van der Waals surface area contributed by atoms with Crippen molar-refractivity contribution in [2.75, 3.05) is 26.2 Å². The molecule has 0 aliphatic heterocycles. The average molecular weight is 396 g/mol. The Morgan fingerprint density at radius 3 is 2.30 bits per heavy atom. The SMILES string of the molecule is CCN(CC)CCCN=C(N)NC1CCCCCC1.I. The molecule has 1 aliphatic carbocycles. The lowest BCUT2D eigenvalue weighted by atomic mass is 10.1. The van der Waals surface area contributed by atoms with Crippen molar-refractivity contribution in [3.8, 4) is 0 Å². The fraction of sp³-hybridized carbons (Fsp3) is 0.933. The van der Waals surface area contributed by atoms with E-state index in [0.29, 0.717) is 12.0 Å². The van der Waals surface area contributed by atoms with Crippen LogP contribution in [-0.4, -0.2) is 43.1 Å². The number of nitrogens with one attached hydrogen (secondary N) is 1. The Labute approximate surface area is 142 Å². The van der Waals surface area contributed by atoms with Gasteiger partial charge in [-0.05, 0) is 38.9 Å². The van der Waals surface area contributed by atoms with Crippen LogP contribution in [0.3, 0.4) is 0 Å². The molecule has 0 aromatic heterocycles. The molecule has 0 aromatic carbocycles. The lowest BCUT2D eigenvalue weighted by molar-refractivity contribution is 0.302. The fourth-order valence-electron chi connectivity index (χ4n) is 2.71. The van der Waals surface area contributed by atoms with E-state index in [2.05, 4.69) is 29.1 Å². The van der Waals surface area contributed by atoms with E-state index in [4.69, 9.17) is 5.73 Å². The predicted octanol–water partition coefficient (Wildman–Crippen LogP) is 2.96. The minimum absolute atomic E-state index is 0. The molecule has 0 unspecified atom stereocenters. The molecule has 0 amide bonds. The van der Waals surface area contributed by atoms with E-state index in [1.54, 1.807) is 0 Å². The van der Waals surface area contributed by atoms with E-state index in [1.165, 1.54) is 38.5 Å². The van der Waals surface area contributed by atoms with Crippen LogP contribution in [0.1, 0.15) is 58.8 Å². The Bertz CT molecular complexity index is 246. The van der Waals surface area contributed by atoms with Crippen LogP contribution in [0.2, 0.25) is 0 Å². The van der Waals surface area contributed by atoms with E-state index in [-0.39, 0.29) is 24.0 Å². The molecule has 0 spiro atoms. The van der Waals surface area contributed by atoms with Gasteiger partial charge in [-0.3, -0.25) is 4.99 Å². The first-order valence-corrected chi connectivity index (χ1v) is 8.05. The molecule has 4 nitrogen and oxygen atoms in total. The fourth-order valence-corrected chi connectivity index (χ4v) is 2.71. The molecule has 1 aliphatic rings. The average Bonchev–Trinajstić information content (AvgIpc) is 2.67. The second-order valence-electron chi connectivity index (χ2n) is 5.48. The molecule has 1 saturated carbocycles. The normalized spacial score (nSPS) is 17.6. The van der Waals surface area contributed by atoms with Gasteiger partial charge in [0.1, 0.15) is 0 Å². The highest BCUT2D eigenvalue weighted by atomic mass is 127. The van der Waals surface area contributed by atoms with Crippen LogP contribution in [0.25, 0.3) is 0 Å². The van der Waals surface area contributed by atoms with E-state index < -0.39 is 0 Å². The van der Waals surface area contributed by atoms with Gasteiger partial charge in [0.2, 0.25) is 0 Å². The lowest BCUT2D eigenvalue weighted by Crippen LogP contribution is -2.40. The lowest BCUT2D eigenvalue weighted by Gasteiger charge is -2.18. The topological polar surface area (TPSA) is 53.6 Å². The largest absolute Gasteiger partial charge is 0.370 e. The summed E-state index contributed by atoms with van der Waals surface area (Å²) >= 11 is 0. The van der Waals surface area contributed by atoms with Gasteiger partial charge >= 0.3 is 0 Å². The monoisotopic (exact) mass is 396 g/mol. The van der Waals surface area contributed by atoms with Gasteiger partial charge < -0.3 is 16.0 Å². The second kappa shape index (κ2) is 12.7. The third-order valence-electron chi connectivity index (χ3n) is 4.02. The van der Waals surface area contributed by atoms with Gasteiger partial charge in [-0.2, -0.15) is 0 Å². The minimum Gasteiger partial charge on any atom is -0.370 e. The van der Waals surface area contributed by atoms with Crippen molar-refractivity contribution in [1.29, 1.82) is 0 Å². The van der Waals surface area contributed by atoms with E-state index in [1.807, 2.05) is 0 Å². The third kappa shape index (κ3) is 9.00. The Hall–Kier alpha value is -0.0400. The Kier molecular flexibility index (Phi) is 12.7. The number of aliphatic imine (C=N–C) groups is 1. The van der Waals surface area contributed by atoms with Crippen molar-refractivity contribution in [3.05, 3.63) is 0 Å². The molecule has 0 radical (unpaired) electrons. The Balaban J connectivity index is 0.00000361. The van der Waals surface area contributed by atoms with Gasteiger partial charge in [0.15, 0.2) is 5.96 Å². The Morgan fingerprint density at radius 2 is 1.75 bits per heavy atom. The number of rotatable bonds is 7. The molecule has 0 saturated heterocycles. The van der Waals surface area contributed by atoms with E-state index in [0.717, 1.165) is 32.6 Å². The van der Waals surface area contributed by atoms with Crippen LogP contribution >= 0.6 is 24.0 Å². The van der Waals surface area contributed by atoms with Crippen LogP contribution in [0.15, 0.2) is 4.99 Å². The number of guanidine groups is 1. The molecule has 5 heteroatoms. The number of halogens is 1. The van der Waals surface area contributed by atoms with Crippen LogP contribution in [0, 0.1) is 0 Å². The zero-order valence-electron chi connectivity index (χ0n) is 13.2. The molecule has 0 heterocycles. The summed E-state index contributed by atoms with van der Waals surface area (Å²) in [4.78, 5) is 6.87.